The van der Waals surface area contributed by atoms with E-state index < -0.39 is 6.04 Å². The number of halogens is 1. The Balaban J connectivity index is 1.56. The van der Waals surface area contributed by atoms with E-state index in [0.29, 0.717) is 11.6 Å². The SMILES string of the molecule is CC(=O)N[C@H](CC(=O)NC[C@H](c1ccccc1Cl)c1c[nH]c2ccccc12)c1ccc(C)cc1. The summed E-state index contributed by atoms with van der Waals surface area (Å²) in [6.45, 7) is 3.85. The van der Waals surface area contributed by atoms with E-state index in [0.717, 1.165) is 33.2 Å². The molecule has 1 heterocycles. The number of nitrogens with one attached hydrogen (secondary N) is 3. The molecule has 174 valence electrons. The highest BCUT2D eigenvalue weighted by atomic mass is 35.5. The van der Waals surface area contributed by atoms with Crippen LogP contribution in [0, 0.1) is 6.92 Å². The van der Waals surface area contributed by atoms with Crippen LogP contribution in [-0.4, -0.2) is 23.3 Å². The van der Waals surface area contributed by atoms with Crippen molar-refractivity contribution in [3.05, 3.63) is 106 Å². The molecule has 0 spiro atoms. The number of carbonyl (C=O) groups is 2. The minimum absolute atomic E-state index is 0.132. The van der Waals surface area contributed by atoms with Crippen molar-refractivity contribution in [1.29, 1.82) is 0 Å². The highest BCUT2D eigenvalue weighted by molar-refractivity contribution is 6.31. The summed E-state index contributed by atoms with van der Waals surface area (Å²) in [4.78, 5) is 28.1. The lowest BCUT2D eigenvalue weighted by molar-refractivity contribution is -0.122. The van der Waals surface area contributed by atoms with Crippen molar-refractivity contribution >= 4 is 34.3 Å². The minimum Gasteiger partial charge on any atom is -0.361 e. The Morgan fingerprint density at radius 1 is 0.941 bits per heavy atom. The van der Waals surface area contributed by atoms with E-state index in [-0.39, 0.29) is 24.2 Å². The predicted molar refractivity (Wildman–Crippen MR) is 137 cm³/mol. The Bertz CT molecular complexity index is 1300. The Kier molecular flexibility index (Phi) is 7.33. The minimum atomic E-state index is -0.398. The van der Waals surface area contributed by atoms with Gasteiger partial charge < -0.3 is 15.6 Å². The third-order valence-electron chi connectivity index (χ3n) is 6.03. The fourth-order valence-corrected chi connectivity index (χ4v) is 4.56. The first kappa shape index (κ1) is 23.6. The number of aromatic nitrogens is 1. The molecule has 0 radical (unpaired) electrons. The molecule has 34 heavy (non-hydrogen) atoms. The van der Waals surface area contributed by atoms with Crippen LogP contribution in [0.15, 0.2) is 79.0 Å². The number of fused-ring (bicyclic) bond motifs is 1. The number of hydrogen-bond acceptors (Lipinski definition) is 2. The molecule has 2 amide bonds. The quantitative estimate of drug-likeness (QED) is 0.309. The van der Waals surface area contributed by atoms with Gasteiger partial charge in [0.25, 0.3) is 0 Å². The third kappa shape index (κ3) is 5.49. The van der Waals surface area contributed by atoms with Crippen molar-refractivity contribution in [1.82, 2.24) is 15.6 Å². The summed E-state index contributed by atoms with van der Waals surface area (Å²) < 4.78 is 0. The maximum atomic E-state index is 13.0. The van der Waals surface area contributed by atoms with Crippen molar-refractivity contribution < 1.29 is 9.59 Å². The average molecular weight is 474 g/mol. The summed E-state index contributed by atoms with van der Waals surface area (Å²) in [6.07, 6.45) is 2.13. The molecule has 5 nitrogen and oxygen atoms in total. The lowest BCUT2D eigenvalue weighted by Gasteiger charge is -2.22. The zero-order chi connectivity index (χ0) is 24.1. The van der Waals surface area contributed by atoms with E-state index >= 15 is 0 Å². The van der Waals surface area contributed by atoms with E-state index in [1.807, 2.05) is 79.9 Å². The van der Waals surface area contributed by atoms with Gasteiger partial charge in [-0.05, 0) is 35.7 Å². The Morgan fingerprint density at radius 2 is 1.65 bits per heavy atom. The number of para-hydroxylation sites is 1. The van der Waals surface area contributed by atoms with E-state index in [9.17, 15) is 9.59 Å². The number of benzene rings is 3. The summed E-state index contributed by atoms with van der Waals surface area (Å²) in [7, 11) is 0. The Labute approximate surface area is 204 Å². The van der Waals surface area contributed by atoms with Crippen LogP contribution in [0.3, 0.4) is 0 Å². The van der Waals surface area contributed by atoms with Crippen molar-refractivity contribution in [2.24, 2.45) is 0 Å². The molecule has 0 unspecified atom stereocenters. The van der Waals surface area contributed by atoms with Gasteiger partial charge in [0.15, 0.2) is 0 Å². The van der Waals surface area contributed by atoms with Crippen LogP contribution in [0.1, 0.15) is 47.6 Å². The normalized spacial score (nSPS) is 12.8. The molecule has 0 saturated heterocycles. The number of aryl methyl sites for hydroxylation is 1. The van der Waals surface area contributed by atoms with Crippen molar-refractivity contribution in [2.45, 2.75) is 32.2 Å². The molecule has 1 aromatic heterocycles. The number of rotatable bonds is 8. The molecule has 4 rings (SSSR count). The molecule has 3 N–H and O–H groups in total. The van der Waals surface area contributed by atoms with Crippen molar-refractivity contribution in [2.75, 3.05) is 6.54 Å². The second-order valence-corrected chi connectivity index (χ2v) is 8.94. The van der Waals surface area contributed by atoms with Gasteiger partial charge in [-0.25, -0.2) is 0 Å². The standard InChI is InChI=1S/C28H28ClN3O2/c1-18-11-13-20(14-12-18)27(32-19(2)33)15-28(34)31-17-23(21-7-3-5-9-25(21)29)24-16-30-26-10-6-4-8-22(24)26/h3-14,16,23,27,30H,15,17H2,1-2H3,(H,31,34)(H,32,33)/t23-,27-/m1/s1. The fraction of sp³-hybridized carbons (Fsp3) is 0.214. The zero-order valence-electron chi connectivity index (χ0n) is 19.3. The summed E-state index contributed by atoms with van der Waals surface area (Å²) >= 11 is 6.57. The fourth-order valence-electron chi connectivity index (χ4n) is 4.30. The van der Waals surface area contributed by atoms with Crippen LogP contribution in [0.5, 0.6) is 0 Å². The summed E-state index contributed by atoms with van der Waals surface area (Å²) in [5, 5.41) is 7.73. The lowest BCUT2D eigenvalue weighted by Crippen LogP contribution is -2.34. The molecule has 6 heteroatoms. The van der Waals surface area contributed by atoms with E-state index in [1.165, 1.54) is 6.92 Å². The summed E-state index contributed by atoms with van der Waals surface area (Å²) in [5.74, 6) is -0.449. The first-order chi connectivity index (χ1) is 16.4. The highest BCUT2D eigenvalue weighted by Crippen LogP contribution is 2.34. The van der Waals surface area contributed by atoms with Crippen LogP contribution < -0.4 is 10.6 Å². The number of amides is 2. The van der Waals surface area contributed by atoms with Gasteiger partial charge in [0, 0.05) is 41.5 Å². The van der Waals surface area contributed by atoms with E-state index in [2.05, 4.69) is 21.7 Å². The summed E-state index contributed by atoms with van der Waals surface area (Å²) in [5.41, 5.74) is 5.07. The van der Waals surface area contributed by atoms with Gasteiger partial charge in [-0.15, -0.1) is 0 Å². The second kappa shape index (κ2) is 10.6. The molecule has 0 saturated carbocycles. The van der Waals surface area contributed by atoms with Gasteiger partial charge in [0.05, 0.1) is 12.5 Å². The molecular formula is C28H28ClN3O2. The predicted octanol–water partition coefficient (Wildman–Crippen LogP) is 5.65. The first-order valence-electron chi connectivity index (χ1n) is 11.3. The third-order valence-corrected chi connectivity index (χ3v) is 6.37. The maximum Gasteiger partial charge on any atom is 0.222 e. The molecule has 2 atom stereocenters. The molecule has 0 bridgehead atoms. The molecule has 0 aliphatic carbocycles. The molecular weight excluding hydrogens is 446 g/mol. The smallest absolute Gasteiger partial charge is 0.222 e. The lowest BCUT2D eigenvalue weighted by atomic mass is 9.90. The maximum absolute atomic E-state index is 13.0. The monoisotopic (exact) mass is 473 g/mol. The van der Waals surface area contributed by atoms with Crippen molar-refractivity contribution in [3.8, 4) is 0 Å². The van der Waals surface area contributed by atoms with Crippen LogP contribution in [-0.2, 0) is 9.59 Å². The molecule has 3 aromatic carbocycles. The van der Waals surface area contributed by atoms with Crippen LogP contribution in [0.2, 0.25) is 5.02 Å². The molecule has 0 aliphatic heterocycles. The van der Waals surface area contributed by atoms with Gasteiger partial charge in [-0.1, -0.05) is 77.8 Å². The van der Waals surface area contributed by atoms with Gasteiger partial charge in [0.2, 0.25) is 11.8 Å². The zero-order valence-corrected chi connectivity index (χ0v) is 20.0. The van der Waals surface area contributed by atoms with E-state index in [4.69, 9.17) is 11.6 Å². The average Bonchev–Trinajstić information content (AvgIpc) is 3.24. The largest absolute Gasteiger partial charge is 0.361 e. The van der Waals surface area contributed by atoms with Gasteiger partial charge in [-0.2, -0.15) is 0 Å². The van der Waals surface area contributed by atoms with Crippen LogP contribution >= 0.6 is 11.6 Å². The number of aromatic amines is 1. The first-order valence-corrected chi connectivity index (χ1v) is 11.7. The Morgan fingerprint density at radius 3 is 2.38 bits per heavy atom. The van der Waals surface area contributed by atoms with Gasteiger partial charge in [0.1, 0.15) is 0 Å². The number of carbonyl (C=O) groups excluding carboxylic acids is 2. The number of H-pyrrole nitrogens is 1. The van der Waals surface area contributed by atoms with E-state index in [1.54, 1.807) is 0 Å². The van der Waals surface area contributed by atoms with Crippen molar-refractivity contribution in [3.63, 3.8) is 0 Å². The Hall–Kier alpha value is -3.57. The highest BCUT2D eigenvalue weighted by Gasteiger charge is 2.23. The van der Waals surface area contributed by atoms with Gasteiger partial charge in [-0.3, -0.25) is 9.59 Å². The van der Waals surface area contributed by atoms with Crippen LogP contribution in [0.25, 0.3) is 10.9 Å². The molecule has 0 aliphatic rings. The number of hydrogen-bond donors (Lipinski definition) is 3. The van der Waals surface area contributed by atoms with Crippen LogP contribution in [0.4, 0.5) is 0 Å². The summed E-state index contributed by atoms with van der Waals surface area (Å²) in [6, 6.07) is 23.2. The topological polar surface area (TPSA) is 74.0 Å². The van der Waals surface area contributed by atoms with Gasteiger partial charge >= 0.3 is 0 Å². The molecule has 4 aromatic rings. The molecule has 0 fully saturated rings. The second-order valence-electron chi connectivity index (χ2n) is 8.54.